The minimum atomic E-state index is -4.48. The molecule has 4 aromatic carbocycles. The molecule has 0 saturated carbocycles. The van der Waals surface area contributed by atoms with Gasteiger partial charge in [-0.05, 0) is 221 Å². The number of sulfonamides is 4. The van der Waals surface area contributed by atoms with Crippen LogP contribution in [-0.4, -0.2) is 78.0 Å². The van der Waals surface area contributed by atoms with Gasteiger partial charge in [0.2, 0.25) is 23.6 Å². The van der Waals surface area contributed by atoms with Gasteiger partial charge >= 0.3 is 0 Å². The van der Waals surface area contributed by atoms with Crippen molar-refractivity contribution >= 4 is 86.2 Å². The fourth-order valence-corrected chi connectivity index (χ4v) is 19.3. The van der Waals surface area contributed by atoms with Crippen molar-refractivity contribution in [1.29, 1.82) is 0 Å². The average Bonchev–Trinajstić information content (AvgIpc) is 1.67. The van der Waals surface area contributed by atoms with Crippen molar-refractivity contribution in [1.82, 2.24) is 33.8 Å². The Balaban J connectivity index is 1.54. The average molecular weight is 1270 g/mol. The van der Waals surface area contributed by atoms with Crippen LogP contribution in [0.4, 0.5) is 0 Å². The van der Waals surface area contributed by atoms with Gasteiger partial charge in [-0.15, -0.1) is 0 Å². The number of rotatable bonds is 12. The summed E-state index contributed by atoms with van der Waals surface area (Å²) in [7, 11) is -17.9. The summed E-state index contributed by atoms with van der Waals surface area (Å²) >= 11 is 0. The second kappa shape index (κ2) is 22.8. The minimum Gasteiger partial charge on any atom is -0.357 e. The lowest BCUT2D eigenvalue weighted by Gasteiger charge is -2.24. The van der Waals surface area contributed by atoms with E-state index in [9.17, 15) is 52.8 Å². The molecule has 88 heavy (non-hydrogen) atoms. The lowest BCUT2D eigenvalue weighted by molar-refractivity contribution is -0.118. The van der Waals surface area contributed by atoms with Gasteiger partial charge in [-0.1, -0.05) is 24.3 Å². The van der Waals surface area contributed by atoms with Gasteiger partial charge in [-0.3, -0.25) is 19.2 Å². The van der Waals surface area contributed by atoms with Gasteiger partial charge in [-0.2, -0.15) is 0 Å². The van der Waals surface area contributed by atoms with Crippen LogP contribution in [0.1, 0.15) is 145 Å². The number of allylic oxidation sites excluding steroid dienone is 2. The van der Waals surface area contributed by atoms with Gasteiger partial charge in [0.25, 0.3) is 40.1 Å². The lowest BCUT2D eigenvalue weighted by atomic mass is 9.85. The monoisotopic (exact) mass is 1270 g/mol. The molecular formula is C64H68N8O12S4. The number of hydrogen-bond donors (Lipinski definition) is 7. The number of benzene rings is 4. The first kappa shape index (κ1) is 63.8. The topological polar surface area (TPSA) is 313 Å². The maximum absolute atomic E-state index is 14.3. The van der Waals surface area contributed by atoms with Crippen molar-refractivity contribution in [3.8, 4) is 0 Å². The first-order chi connectivity index (χ1) is 40.9. The number of aromatic nitrogens is 3. The highest BCUT2D eigenvalue weighted by Crippen LogP contribution is 2.44. The number of aryl methyl sites for hydroxylation is 8. The number of carbonyl (C=O) groups excluding carboxylic acids is 4. The van der Waals surface area contributed by atoms with Crippen LogP contribution in [-0.2, 0) is 59.3 Å². The second-order valence-electron chi connectivity index (χ2n) is 22.8. The molecule has 0 radical (unpaired) electrons. The van der Waals surface area contributed by atoms with E-state index < -0.39 is 69.6 Å². The van der Waals surface area contributed by atoms with E-state index >= 15 is 0 Å². The zero-order valence-electron chi connectivity index (χ0n) is 51.5. The third-order valence-electron chi connectivity index (χ3n) is 15.8. The summed E-state index contributed by atoms with van der Waals surface area (Å²) in [5.41, 5.74) is 10.7. The predicted octanol–water partition coefficient (Wildman–Crippen LogP) is 7.08. The van der Waals surface area contributed by atoms with Gasteiger partial charge in [0.05, 0.1) is 36.9 Å². The van der Waals surface area contributed by atoms with E-state index in [1.54, 1.807) is 110 Å². The molecule has 9 rings (SSSR count). The Morgan fingerprint density at radius 2 is 0.716 bits per heavy atom. The van der Waals surface area contributed by atoms with Crippen molar-refractivity contribution in [3.63, 3.8) is 0 Å². The zero-order valence-corrected chi connectivity index (χ0v) is 54.8. The third kappa shape index (κ3) is 11.3. The molecule has 460 valence electrons. The number of aromatic amines is 3. The number of hydrogen-bond acceptors (Lipinski definition) is 13. The molecule has 3 aromatic heterocycles. The Hall–Kier alpha value is -8.71. The van der Waals surface area contributed by atoms with Crippen molar-refractivity contribution in [3.05, 3.63) is 201 Å². The van der Waals surface area contributed by atoms with Crippen LogP contribution >= 0.6 is 0 Å². The van der Waals surface area contributed by atoms with E-state index in [1.165, 1.54) is 0 Å². The maximum atomic E-state index is 14.3. The minimum absolute atomic E-state index is 0.121. The Labute approximate surface area is 512 Å². The van der Waals surface area contributed by atoms with Gasteiger partial charge < -0.3 is 15.0 Å². The van der Waals surface area contributed by atoms with Gasteiger partial charge in [0.15, 0.2) is 0 Å². The van der Waals surface area contributed by atoms with Crippen LogP contribution in [0.2, 0.25) is 0 Å². The van der Waals surface area contributed by atoms with E-state index in [0.29, 0.717) is 134 Å². The van der Waals surface area contributed by atoms with Crippen molar-refractivity contribution in [2.24, 2.45) is 4.99 Å². The molecule has 0 fully saturated rings. The van der Waals surface area contributed by atoms with Crippen LogP contribution in [0.3, 0.4) is 0 Å². The standard InChI is InChI=1S/C64H68N8O12S4/c1-29-25-33(5)61(85(77,78)69-41(13)73)37(9)53(29)57-45-17-19-47(65-45)58(54-30(2)26-34(6)62(38(54)10)86(79,80)70-42(14)74)49-21-23-51(67-49)60(56-32(4)28-36(8)64(40(56)12)88(83,84)72-44(16)76)52-24-22-50(68-52)59(48-20-18-46(57)66-48)55-31(3)27-35(7)63(39(55)11)87(81,82)71-43(15)75/h17-28,57,65-67H,1-16H3,(H,69,73)(H,70,74)(H,71,75)(H,72,76). The van der Waals surface area contributed by atoms with Crippen LogP contribution in [0.25, 0.3) is 16.7 Å². The molecule has 7 N–H and O–H groups in total. The summed E-state index contributed by atoms with van der Waals surface area (Å²) in [4.78, 5) is 65.9. The van der Waals surface area contributed by atoms with Gasteiger partial charge in [-0.25, -0.2) is 57.6 Å². The highest BCUT2D eigenvalue weighted by atomic mass is 32.2. The molecule has 1 unspecified atom stereocenters. The molecule has 20 nitrogen and oxygen atoms in total. The first-order valence-electron chi connectivity index (χ1n) is 27.8. The van der Waals surface area contributed by atoms with E-state index in [-0.39, 0.29) is 36.3 Å². The number of aliphatic imine (C=N–C) groups is 1. The molecule has 8 bridgehead atoms. The molecule has 1 atom stereocenters. The molecule has 2 aliphatic rings. The Kier molecular flexibility index (Phi) is 16.5. The Morgan fingerprint density at radius 3 is 1.10 bits per heavy atom. The fraction of sp³-hybridized carbons (Fsp3) is 0.266. The van der Waals surface area contributed by atoms with Gasteiger partial charge in [0, 0.05) is 77.9 Å². The van der Waals surface area contributed by atoms with E-state index in [0.717, 1.165) is 27.7 Å². The summed E-state index contributed by atoms with van der Waals surface area (Å²) in [6, 6.07) is 17.7. The molecule has 7 aromatic rings. The van der Waals surface area contributed by atoms with E-state index in [2.05, 4.69) is 33.8 Å². The predicted molar refractivity (Wildman–Crippen MR) is 336 cm³/mol. The Morgan fingerprint density at radius 1 is 0.386 bits per heavy atom. The number of fused-ring (bicyclic) bond motifs is 7. The van der Waals surface area contributed by atoms with Crippen LogP contribution in [0.5, 0.6) is 0 Å². The summed E-state index contributed by atoms with van der Waals surface area (Å²) in [6.45, 7) is 24.8. The van der Waals surface area contributed by atoms with Crippen molar-refractivity contribution < 1.29 is 52.8 Å². The maximum Gasteiger partial charge on any atom is 0.264 e. The number of nitrogens with zero attached hydrogens (tertiary/aromatic N) is 1. The highest BCUT2D eigenvalue weighted by molar-refractivity contribution is 7.91. The fourth-order valence-electron chi connectivity index (χ4n) is 13.4. The van der Waals surface area contributed by atoms with E-state index in [1.807, 2.05) is 45.9 Å². The zero-order chi connectivity index (χ0) is 64.9. The van der Waals surface area contributed by atoms with Crippen molar-refractivity contribution in [2.45, 2.75) is 136 Å². The van der Waals surface area contributed by atoms with Crippen LogP contribution in [0, 0.1) is 83.1 Å². The smallest absolute Gasteiger partial charge is 0.264 e. The third-order valence-corrected chi connectivity index (χ3v) is 22.7. The summed E-state index contributed by atoms with van der Waals surface area (Å²) < 4.78 is 122. The van der Waals surface area contributed by atoms with E-state index in [4.69, 9.17) is 4.99 Å². The second-order valence-corrected chi connectivity index (χ2v) is 29.2. The quantitative estimate of drug-likeness (QED) is 0.0646. The van der Waals surface area contributed by atoms with Gasteiger partial charge in [0.1, 0.15) is 0 Å². The Bertz CT molecular complexity index is 5020. The van der Waals surface area contributed by atoms with Crippen LogP contribution < -0.4 is 29.6 Å². The molecule has 2 aliphatic heterocycles. The molecule has 0 saturated heterocycles. The molecule has 0 spiro atoms. The van der Waals surface area contributed by atoms with Crippen LogP contribution in [0.15, 0.2) is 103 Å². The molecule has 24 heteroatoms. The lowest BCUT2D eigenvalue weighted by Crippen LogP contribution is -2.30. The summed E-state index contributed by atoms with van der Waals surface area (Å²) in [5.74, 6) is -4.10. The largest absolute Gasteiger partial charge is 0.357 e. The van der Waals surface area contributed by atoms with Crippen molar-refractivity contribution in [2.75, 3.05) is 0 Å². The molecule has 0 aliphatic carbocycles. The summed E-state index contributed by atoms with van der Waals surface area (Å²) in [5, 5.41) is 0.816. The number of amides is 4. The number of H-pyrrole nitrogens is 3. The molecule has 5 heterocycles. The SMILES string of the molecule is CC(=O)NS(=O)(=O)c1c(C)cc(C)c(C2=C3C=CC(=N3)C(c3c(C)cc(C)c(S(=O)(=O)NC(C)=O)c3C)=c3ccc([nH]3)=C(c3c(C)cc(C)c(S(=O)(=O)NC(C)=O)c3C)c3ccc([nH]3)C(c3c(C)cc(C)c(S(=O)(=O)NC(C)=O)c3C)c3ccc2[nH]3)c1C. The normalized spacial score (nSPS) is 14.5. The number of nitrogens with one attached hydrogen (secondary N) is 7. The molecule has 4 amide bonds. The first-order valence-corrected chi connectivity index (χ1v) is 33.7. The molecular weight excluding hydrogens is 1200 g/mol. The number of carbonyl (C=O) groups is 4. The highest BCUT2D eigenvalue weighted by Gasteiger charge is 2.35. The summed E-state index contributed by atoms with van der Waals surface area (Å²) in [6.07, 6.45) is 3.49.